The van der Waals surface area contributed by atoms with Crippen molar-refractivity contribution in [3.05, 3.63) is 196 Å². The largest absolute Gasteiger partial charge is 0.353 e. The lowest BCUT2D eigenvalue weighted by atomic mass is 9.99. The van der Waals surface area contributed by atoms with Crippen LogP contribution in [0.2, 0.25) is 29.2 Å². The highest BCUT2D eigenvalue weighted by atomic mass is 35.5. The van der Waals surface area contributed by atoms with Gasteiger partial charge < -0.3 is 47.1 Å². The molecule has 0 saturated carbocycles. The number of anilines is 7. The third kappa shape index (κ3) is 12.3. The second-order valence-corrected chi connectivity index (χ2v) is 31.3. The van der Waals surface area contributed by atoms with E-state index in [0.29, 0.717) is 122 Å². The number of ketones is 1. The molecular formula is C70H61Cl2F2N17O8Si. The number of amides is 8. The summed E-state index contributed by atoms with van der Waals surface area (Å²) in [6, 6.07) is 24.0. The van der Waals surface area contributed by atoms with Gasteiger partial charge in [-0.1, -0.05) is 72.7 Å². The smallest absolute Gasteiger partial charge is 0.339 e. The van der Waals surface area contributed by atoms with E-state index in [0.717, 1.165) is 5.69 Å². The Labute approximate surface area is 579 Å². The number of fused-ring (bicyclic) bond motifs is 5. The highest BCUT2D eigenvalue weighted by Crippen LogP contribution is 2.42. The van der Waals surface area contributed by atoms with Crippen LogP contribution in [0.15, 0.2) is 147 Å². The number of urea groups is 1. The van der Waals surface area contributed by atoms with Gasteiger partial charge in [0.15, 0.2) is 17.4 Å². The first-order valence-electron chi connectivity index (χ1n) is 31.8. The summed E-state index contributed by atoms with van der Waals surface area (Å²) in [4.78, 5) is 124. The Morgan fingerprint density at radius 3 is 1.75 bits per heavy atom. The summed E-state index contributed by atoms with van der Waals surface area (Å²) in [7, 11) is -2.02. The molecule has 0 radical (unpaired) electrons. The standard InChI is InChI=1S/C36H33ClFN7O4Si.C34H28ClFN10O4/c1-20(46)28-15-44(30-10-7-21(11-26(28)30)42-22-12-39-18-40-13-22)16-32(47)45-19-50(2,3)17-31(45)36(49)43-29-6-4-5-24(34(29)38)23-8-9-25-27(33(23)37)14-41-35(25)48;35-29-20(6-7-22-24(29)15-40-31(22)47)21-2-1-3-25(30(21)36)42-32(48)26-8-9-43-10-11-44(34(50)46(26)43)28-16-45(33(37)49)27-12-18(4-5-23(27)28)41-19-13-38-17-39-14-19/h4-13,15,18,31,42H,14,16-17,19H2,1-3H3,(H,41,48)(H,43,49);1-7,12-14,16-17,26,41H,8-11,15H2,(H2,37,49)(H,40,47)(H,42,48)/t31-;26-/m00/s1. The minimum atomic E-state index is -2.02. The van der Waals surface area contributed by atoms with Gasteiger partial charge in [0.1, 0.15) is 31.3 Å². The summed E-state index contributed by atoms with van der Waals surface area (Å²) < 4.78 is 35.0. The van der Waals surface area contributed by atoms with E-state index in [1.54, 1.807) is 112 Å². The van der Waals surface area contributed by atoms with Crippen LogP contribution in [0, 0.1) is 11.6 Å². The number of rotatable bonds is 14. The van der Waals surface area contributed by atoms with Gasteiger partial charge in [0.05, 0.1) is 76.9 Å². The average molecular weight is 1410 g/mol. The summed E-state index contributed by atoms with van der Waals surface area (Å²) in [6.07, 6.45) is 13.3. The van der Waals surface area contributed by atoms with Crippen molar-refractivity contribution < 1.29 is 47.1 Å². The number of aromatic nitrogens is 6. The van der Waals surface area contributed by atoms with E-state index in [1.165, 1.54) is 52.4 Å². The maximum atomic E-state index is 16.0. The van der Waals surface area contributed by atoms with Crippen LogP contribution < -0.4 is 42.5 Å². The first kappa shape index (κ1) is 65.8. The Bertz CT molecular complexity index is 5100. The van der Waals surface area contributed by atoms with Crippen LogP contribution in [0.1, 0.15) is 55.5 Å². The molecule has 5 aliphatic rings. The van der Waals surface area contributed by atoms with E-state index in [-0.39, 0.29) is 75.7 Å². The molecule has 30 heteroatoms. The molecule has 3 saturated heterocycles. The van der Waals surface area contributed by atoms with Crippen molar-refractivity contribution in [2.45, 2.75) is 64.2 Å². The van der Waals surface area contributed by atoms with Crippen LogP contribution in [0.25, 0.3) is 44.1 Å². The fourth-order valence-electron chi connectivity index (χ4n) is 13.7. The van der Waals surface area contributed by atoms with Crippen LogP contribution in [0.5, 0.6) is 0 Å². The van der Waals surface area contributed by atoms with Crippen molar-refractivity contribution in [3.63, 3.8) is 0 Å². The quantitative estimate of drug-likeness (QED) is 0.0393. The number of nitrogens with one attached hydrogen (secondary N) is 6. The Morgan fingerprint density at radius 2 is 1.18 bits per heavy atom. The Morgan fingerprint density at radius 1 is 0.630 bits per heavy atom. The molecule has 10 aromatic rings. The molecule has 5 aliphatic heterocycles. The molecule has 0 aliphatic carbocycles. The molecule has 0 spiro atoms. The van der Waals surface area contributed by atoms with Crippen LogP contribution in [0.3, 0.4) is 0 Å². The zero-order chi connectivity index (χ0) is 70.0. The minimum absolute atomic E-state index is 0.0361. The van der Waals surface area contributed by atoms with E-state index < -0.39 is 55.7 Å². The number of benzene rings is 6. The first-order valence-corrected chi connectivity index (χ1v) is 35.9. The van der Waals surface area contributed by atoms with E-state index >= 15 is 8.78 Å². The fourth-order valence-corrected chi connectivity index (χ4v) is 17.2. The average Bonchev–Trinajstić information content (AvgIpc) is 1.57. The molecule has 2 atom stereocenters. The second kappa shape index (κ2) is 26.4. The number of hydrogen-bond acceptors (Lipinski definition) is 15. The lowest BCUT2D eigenvalue weighted by Gasteiger charge is -2.41. The number of halogens is 4. The number of carbonyl (C=O) groups is 8. The second-order valence-electron chi connectivity index (χ2n) is 25.4. The first-order chi connectivity index (χ1) is 48.1. The van der Waals surface area contributed by atoms with Crippen molar-refractivity contribution >= 4 is 140 Å². The lowest BCUT2D eigenvalue weighted by molar-refractivity contribution is -0.136. The van der Waals surface area contributed by atoms with Gasteiger partial charge in [-0.3, -0.25) is 38.2 Å². The molecule has 8 amide bonds. The number of hydrogen-bond donors (Lipinski definition) is 7. The summed E-state index contributed by atoms with van der Waals surface area (Å²) in [5.74, 6) is -3.32. The van der Waals surface area contributed by atoms with Crippen molar-refractivity contribution in [3.8, 4) is 22.3 Å². The van der Waals surface area contributed by atoms with Crippen LogP contribution in [-0.4, -0.2) is 137 Å². The van der Waals surface area contributed by atoms with Crippen molar-refractivity contribution in [2.24, 2.45) is 5.73 Å². The number of nitrogens with two attached hydrogens (primary N) is 1. The van der Waals surface area contributed by atoms with Crippen molar-refractivity contribution in [1.29, 1.82) is 0 Å². The summed E-state index contributed by atoms with van der Waals surface area (Å²) in [5.41, 5.74) is 13.6. The molecule has 9 heterocycles. The zero-order valence-electron chi connectivity index (χ0n) is 53.7. The molecule has 506 valence electrons. The number of primary amides is 1. The predicted molar refractivity (Wildman–Crippen MR) is 375 cm³/mol. The van der Waals surface area contributed by atoms with Gasteiger partial charge in [-0.25, -0.2) is 48.3 Å². The lowest BCUT2D eigenvalue weighted by Crippen LogP contribution is -2.60. The van der Waals surface area contributed by atoms with E-state index in [1.807, 2.05) is 18.2 Å². The van der Waals surface area contributed by atoms with Crippen molar-refractivity contribution in [1.82, 2.24) is 54.6 Å². The minimum Gasteiger partial charge on any atom is -0.353 e. The van der Waals surface area contributed by atoms with E-state index in [2.05, 4.69) is 64.9 Å². The van der Waals surface area contributed by atoms with Gasteiger partial charge in [0.2, 0.25) is 17.7 Å². The molecule has 25 nitrogen and oxygen atoms in total. The Kier molecular flexibility index (Phi) is 17.4. The van der Waals surface area contributed by atoms with Gasteiger partial charge in [-0.2, -0.15) is 0 Å². The summed E-state index contributed by atoms with van der Waals surface area (Å²) >= 11 is 13.2. The topological polar surface area (TPSA) is 309 Å². The third-order valence-electron chi connectivity index (χ3n) is 18.4. The van der Waals surface area contributed by atoms with Crippen LogP contribution >= 0.6 is 23.2 Å². The van der Waals surface area contributed by atoms with Crippen LogP contribution in [-0.2, 0) is 34.0 Å². The molecule has 100 heavy (non-hydrogen) atoms. The van der Waals surface area contributed by atoms with Gasteiger partial charge >= 0.3 is 12.1 Å². The molecule has 3 fully saturated rings. The molecular weight excluding hydrogens is 1340 g/mol. The SMILES string of the molecule is CC(=O)c1cn(CC(=O)N2C[Si](C)(C)C[C@H]2C(=O)Nc2cccc(-c3ccc4c(c3Cl)CNC4=O)c2F)c2ccc(Nc3cncnc3)cc12.NC(=O)n1cc(N2CCN3CC[C@@H](C(=O)Nc4cccc(-c5ccc6c(c5Cl)CNC6=O)c4F)N3C2=O)c2ccc(Nc3cncnc3)cc21. The zero-order valence-corrected chi connectivity index (χ0v) is 56.2. The van der Waals surface area contributed by atoms with Gasteiger partial charge in [-0.05, 0) is 80.1 Å². The van der Waals surface area contributed by atoms with E-state index in [4.69, 9.17) is 28.9 Å². The molecule has 0 unspecified atom stereocenters. The highest BCUT2D eigenvalue weighted by Gasteiger charge is 2.47. The fraction of sp³-hybridized carbons (Fsp3) is 0.200. The molecule has 8 N–H and O–H groups in total. The maximum absolute atomic E-state index is 16.0. The van der Waals surface area contributed by atoms with E-state index in [9.17, 15) is 38.4 Å². The molecule has 0 bridgehead atoms. The maximum Gasteiger partial charge on any atom is 0.339 e. The molecule has 6 aromatic carbocycles. The summed E-state index contributed by atoms with van der Waals surface area (Å²) in [6.45, 7) is 7.27. The monoisotopic (exact) mass is 1400 g/mol. The normalized spacial score (nSPS) is 16.7. The predicted octanol–water partition coefficient (Wildman–Crippen LogP) is 10.9. The number of carbonyl (C=O) groups excluding carboxylic acids is 8. The Balaban J connectivity index is 0.000000170. The van der Waals surface area contributed by atoms with Crippen molar-refractivity contribution in [2.75, 3.05) is 52.0 Å². The van der Waals surface area contributed by atoms with Gasteiger partial charge in [0, 0.05) is 129 Å². The number of hydrazine groups is 1. The molecule has 4 aromatic heterocycles. The summed E-state index contributed by atoms with van der Waals surface area (Å²) in [5, 5.41) is 22.3. The number of Topliss-reactive ketones (excluding diaryl/α,β-unsaturated/α-hetero) is 1. The third-order valence-corrected chi connectivity index (χ3v) is 22.0. The highest BCUT2D eigenvalue weighted by molar-refractivity contribution is 6.79. The van der Waals surface area contributed by atoms with Gasteiger partial charge in [0.25, 0.3) is 11.8 Å². The number of nitrogens with zero attached hydrogens (tertiary/aromatic N) is 10. The van der Waals surface area contributed by atoms with Crippen LogP contribution in [0.4, 0.5) is 58.2 Å². The Hall–Kier alpha value is -11.5. The van der Waals surface area contributed by atoms with Gasteiger partial charge in [-0.15, -0.1) is 0 Å². The molecule has 15 rings (SSSR count).